The molecule has 1 aromatic rings. The zero-order chi connectivity index (χ0) is 13.1. The fraction of sp³-hybridized carbons (Fsp3) is 0.364. The second-order valence-corrected chi connectivity index (χ2v) is 4.76. The second kappa shape index (κ2) is 5.45. The molecular formula is C11H11BrN2O4. The van der Waals surface area contributed by atoms with E-state index in [1.165, 1.54) is 11.1 Å². The highest BCUT2D eigenvalue weighted by molar-refractivity contribution is 9.10. The predicted molar refractivity (Wildman–Crippen MR) is 65.2 cm³/mol. The standard InChI is InChI=1S/C11H11BrN2O4/c12-8-3-7(4-13-5-8)10(15)14-1-2-18-9(6-14)11(16)17/h3-5,9H,1-2,6H2,(H,16,17)/t9-/m0/s1. The first-order valence-electron chi connectivity index (χ1n) is 5.32. The van der Waals surface area contributed by atoms with Crippen LogP contribution in [0.2, 0.25) is 0 Å². The molecule has 18 heavy (non-hydrogen) atoms. The lowest BCUT2D eigenvalue weighted by Crippen LogP contribution is -2.48. The van der Waals surface area contributed by atoms with Gasteiger partial charge in [-0.3, -0.25) is 9.78 Å². The Morgan fingerprint density at radius 2 is 2.28 bits per heavy atom. The fourth-order valence-electron chi connectivity index (χ4n) is 1.69. The Balaban J connectivity index is 2.11. The summed E-state index contributed by atoms with van der Waals surface area (Å²) in [4.78, 5) is 28.3. The van der Waals surface area contributed by atoms with Gasteiger partial charge in [-0.05, 0) is 22.0 Å². The molecule has 1 amide bonds. The van der Waals surface area contributed by atoms with E-state index in [1.54, 1.807) is 12.3 Å². The quantitative estimate of drug-likeness (QED) is 0.872. The van der Waals surface area contributed by atoms with Gasteiger partial charge in [-0.2, -0.15) is 0 Å². The van der Waals surface area contributed by atoms with Gasteiger partial charge in [-0.1, -0.05) is 0 Å². The summed E-state index contributed by atoms with van der Waals surface area (Å²) in [6.45, 7) is 0.667. The summed E-state index contributed by atoms with van der Waals surface area (Å²) in [6.07, 6.45) is 2.08. The molecule has 0 saturated carbocycles. The maximum Gasteiger partial charge on any atom is 0.334 e. The number of ether oxygens (including phenoxy) is 1. The number of nitrogens with zero attached hydrogens (tertiary/aromatic N) is 2. The van der Waals surface area contributed by atoms with E-state index in [9.17, 15) is 9.59 Å². The molecule has 6 nitrogen and oxygen atoms in total. The number of pyridine rings is 1. The number of carbonyl (C=O) groups excluding carboxylic acids is 1. The van der Waals surface area contributed by atoms with Crippen LogP contribution in [0, 0.1) is 0 Å². The lowest BCUT2D eigenvalue weighted by atomic mass is 10.2. The Bertz CT molecular complexity index is 480. The highest BCUT2D eigenvalue weighted by Gasteiger charge is 2.29. The van der Waals surface area contributed by atoms with E-state index in [4.69, 9.17) is 9.84 Å². The van der Waals surface area contributed by atoms with Crippen LogP contribution < -0.4 is 0 Å². The summed E-state index contributed by atoms with van der Waals surface area (Å²) >= 11 is 3.24. The maximum atomic E-state index is 12.1. The Morgan fingerprint density at radius 1 is 1.50 bits per heavy atom. The van der Waals surface area contributed by atoms with Gasteiger partial charge in [0.2, 0.25) is 0 Å². The van der Waals surface area contributed by atoms with Crippen molar-refractivity contribution in [2.45, 2.75) is 6.10 Å². The number of carbonyl (C=O) groups is 2. The summed E-state index contributed by atoms with van der Waals surface area (Å²) in [5.74, 6) is -1.29. The van der Waals surface area contributed by atoms with E-state index in [0.717, 1.165) is 0 Å². The van der Waals surface area contributed by atoms with Crippen LogP contribution >= 0.6 is 15.9 Å². The van der Waals surface area contributed by atoms with E-state index >= 15 is 0 Å². The van der Waals surface area contributed by atoms with Crippen molar-refractivity contribution in [3.8, 4) is 0 Å². The van der Waals surface area contributed by atoms with Gasteiger partial charge in [0, 0.05) is 23.4 Å². The third kappa shape index (κ3) is 2.85. The second-order valence-electron chi connectivity index (χ2n) is 3.84. The molecule has 0 spiro atoms. The van der Waals surface area contributed by atoms with E-state index in [2.05, 4.69) is 20.9 Å². The minimum Gasteiger partial charge on any atom is -0.479 e. The molecule has 0 unspecified atom stereocenters. The van der Waals surface area contributed by atoms with Gasteiger partial charge in [0.1, 0.15) is 0 Å². The minimum absolute atomic E-state index is 0.0562. The Kier molecular flexibility index (Phi) is 3.93. The first kappa shape index (κ1) is 13.0. The van der Waals surface area contributed by atoms with Gasteiger partial charge >= 0.3 is 5.97 Å². The predicted octanol–water partition coefficient (Wildman–Crippen LogP) is 0.770. The van der Waals surface area contributed by atoms with Crippen molar-refractivity contribution in [2.75, 3.05) is 19.7 Å². The first-order chi connectivity index (χ1) is 8.58. The molecule has 0 aromatic carbocycles. The molecule has 1 fully saturated rings. The number of aliphatic carboxylic acids is 1. The van der Waals surface area contributed by atoms with Crippen molar-refractivity contribution in [3.05, 3.63) is 28.5 Å². The molecule has 96 valence electrons. The van der Waals surface area contributed by atoms with Gasteiger partial charge in [-0.25, -0.2) is 4.79 Å². The number of hydrogen-bond acceptors (Lipinski definition) is 4. The van der Waals surface area contributed by atoms with Gasteiger partial charge in [-0.15, -0.1) is 0 Å². The van der Waals surface area contributed by atoms with Crippen molar-refractivity contribution in [1.29, 1.82) is 0 Å². The van der Waals surface area contributed by atoms with E-state index < -0.39 is 12.1 Å². The number of amides is 1. The molecule has 1 aliphatic rings. The number of hydrogen-bond donors (Lipinski definition) is 1. The number of rotatable bonds is 2. The molecular weight excluding hydrogens is 304 g/mol. The topological polar surface area (TPSA) is 79.7 Å². The van der Waals surface area contributed by atoms with Crippen LogP contribution in [0.15, 0.2) is 22.9 Å². The average Bonchev–Trinajstić information content (AvgIpc) is 2.38. The van der Waals surface area contributed by atoms with Crippen molar-refractivity contribution in [3.63, 3.8) is 0 Å². The van der Waals surface area contributed by atoms with Crippen LogP contribution in [-0.4, -0.2) is 52.7 Å². The summed E-state index contributed by atoms with van der Waals surface area (Å²) in [5.41, 5.74) is 0.426. The molecule has 0 aliphatic carbocycles. The molecule has 0 radical (unpaired) electrons. The summed E-state index contributed by atoms with van der Waals surface area (Å²) in [6, 6.07) is 1.65. The van der Waals surface area contributed by atoms with Gasteiger partial charge in [0.15, 0.2) is 6.10 Å². The van der Waals surface area contributed by atoms with Crippen molar-refractivity contribution >= 4 is 27.8 Å². The number of carboxylic acids is 1. The Hall–Kier alpha value is -1.47. The number of halogens is 1. The lowest BCUT2D eigenvalue weighted by Gasteiger charge is -2.30. The van der Waals surface area contributed by atoms with Crippen LogP contribution in [0.4, 0.5) is 0 Å². The third-order valence-corrected chi connectivity index (χ3v) is 3.01. The molecule has 0 bridgehead atoms. The lowest BCUT2D eigenvalue weighted by molar-refractivity contribution is -0.154. The summed E-state index contributed by atoms with van der Waals surface area (Å²) in [7, 11) is 0. The highest BCUT2D eigenvalue weighted by Crippen LogP contribution is 2.14. The average molecular weight is 315 g/mol. The van der Waals surface area contributed by atoms with Gasteiger partial charge in [0.25, 0.3) is 5.91 Å². The van der Waals surface area contributed by atoms with E-state index in [-0.39, 0.29) is 19.1 Å². The van der Waals surface area contributed by atoms with Crippen LogP contribution in [0.3, 0.4) is 0 Å². The summed E-state index contributed by atoms with van der Waals surface area (Å²) < 4.78 is 5.77. The number of morpholine rings is 1. The molecule has 1 aromatic heterocycles. The maximum absolute atomic E-state index is 12.1. The monoisotopic (exact) mass is 314 g/mol. The molecule has 7 heteroatoms. The van der Waals surface area contributed by atoms with E-state index in [1.807, 2.05) is 0 Å². The zero-order valence-electron chi connectivity index (χ0n) is 9.38. The molecule has 1 atom stereocenters. The smallest absolute Gasteiger partial charge is 0.334 e. The highest BCUT2D eigenvalue weighted by atomic mass is 79.9. The zero-order valence-corrected chi connectivity index (χ0v) is 11.0. The van der Waals surface area contributed by atoms with Crippen LogP contribution in [0.25, 0.3) is 0 Å². The largest absolute Gasteiger partial charge is 0.479 e. The van der Waals surface area contributed by atoms with Crippen LogP contribution in [0.5, 0.6) is 0 Å². The SMILES string of the molecule is O=C(O)[C@@H]1CN(C(=O)c2cncc(Br)c2)CCO1. The number of aromatic nitrogens is 1. The van der Waals surface area contributed by atoms with E-state index in [0.29, 0.717) is 16.6 Å². The van der Waals surface area contributed by atoms with Crippen molar-refractivity contribution < 1.29 is 19.4 Å². The van der Waals surface area contributed by atoms with Crippen molar-refractivity contribution in [1.82, 2.24) is 9.88 Å². The van der Waals surface area contributed by atoms with Crippen LogP contribution in [0.1, 0.15) is 10.4 Å². The van der Waals surface area contributed by atoms with Gasteiger partial charge in [0.05, 0.1) is 18.7 Å². The molecule has 2 heterocycles. The number of carboxylic acid groups (broad SMARTS) is 1. The molecule has 1 aliphatic heterocycles. The molecule has 1 N–H and O–H groups in total. The van der Waals surface area contributed by atoms with Crippen LogP contribution in [-0.2, 0) is 9.53 Å². The first-order valence-corrected chi connectivity index (χ1v) is 6.11. The molecule has 2 rings (SSSR count). The third-order valence-electron chi connectivity index (χ3n) is 2.58. The Labute approximate surface area is 112 Å². The molecule has 1 saturated heterocycles. The minimum atomic E-state index is -1.06. The van der Waals surface area contributed by atoms with Gasteiger partial charge < -0.3 is 14.7 Å². The summed E-state index contributed by atoms with van der Waals surface area (Å²) in [5, 5.41) is 8.87. The Morgan fingerprint density at radius 3 is 2.94 bits per heavy atom. The normalized spacial score (nSPS) is 19.6. The fourth-order valence-corrected chi connectivity index (χ4v) is 2.06. The van der Waals surface area contributed by atoms with Crippen molar-refractivity contribution in [2.24, 2.45) is 0 Å².